The van der Waals surface area contributed by atoms with Gasteiger partial charge in [-0.3, -0.25) is 4.79 Å². The van der Waals surface area contributed by atoms with Crippen LogP contribution in [0.1, 0.15) is 12.5 Å². The lowest BCUT2D eigenvalue weighted by Crippen LogP contribution is -2.30. The molecular weight excluding hydrogens is 280 g/mol. The van der Waals surface area contributed by atoms with E-state index in [4.69, 9.17) is 14.7 Å². The second kappa shape index (κ2) is 7.14. The second-order valence-corrected chi connectivity index (χ2v) is 4.59. The number of anilines is 1. The van der Waals surface area contributed by atoms with E-state index in [0.717, 1.165) is 0 Å². The van der Waals surface area contributed by atoms with Gasteiger partial charge in [0, 0.05) is 0 Å². The number of hydrogen-bond donors (Lipinski definition) is 1. The molecule has 0 saturated carbocycles. The minimum Gasteiger partial charge on any atom is -0.495 e. The predicted molar refractivity (Wildman–Crippen MR) is 82.9 cm³/mol. The SMILES string of the molecule is COc1ccccc1NC(=O)[C@@H](C)Oc1cccc(C#N)c1. The van der Waals surface area contributed by atoms with Gasteiger partial charge in [0.05, 0.1) is 24.4 Å². The van der Waals surface area contributed by atoms with Crippen LogP contribution in [-0.2, 0) is 4.79 Å². The van der Waals surface area contributed by atoms with Gasteiger partial charge in [-0.2, -0.15) is 5.26 Å². The van der Waals surface area contributed by atoms with Gasteiger partial charge in [-0.1, -0.05) is 18.2 Å². The highest BCUT2D eigenvalue weighted by molar-refractivity contribution is 5.95. The predicted octanol–water partition coefficient (Wildman–Crippen LogP) is 2.97. The van der Waals surface area contributed by atoms with Gasteiger partial charge in [0.15, 0.2) is 6.10 Å². The topological polar surface area (TPSA) is 71.3 Å². The molecule has 2 aromatic carbocycles. The molecule has 0 aliphatic heterocycles. The van der Waals surface area contributed by atoms with E-state index in [1.54, 1.807) is 49.4 Å². The van der Waals surface area contributed by atoms with Crippen LogP contribution in [0, 0.1) is 11.3 Å². The third-order valence-electron chi connectivity index (χ3n) is 3.01. The first-order valence-corrected chi connectivity index (χ1v) is 6.74. The zero-order valence-electron chi connectivity index (χ0n) is 12.4. The monoisotopic (exact) mass is 296 g/mol. The zero-order chi connectivity index (χ0) is 15.9. The van der Waals surface area contributed by atoms with E-state index in [1.165, 1.54) is 7.11 Å². The lowest BCUT2D eigenvalue weighted by molar-refractivity contribution is -0.122. The van der Waals surface area contributed by atoms with Gasteiger partial charge in [-0.05, 0) is 37.3 Å². The van der Waals surface area contributed by atoms with Gasteiger partial charge in [0.2, 0.25) is 0 Å². The van der Waals surface area contributed by atoms with Crippen molar-refractivity contribution in [3.63, 3.8) is 0 Å². The standard InChI is InChI=1S/C17H16N2O3/c1-12(22-14-7-5-6-13(10-14)11-18)17(20)19-15-8-3-4-9-16(15)21-2/h3-10,12H,1-2H3,(H,19,20)/t12-/m1/s1. The number of nitriles is 1. The Morgan fingerprint density at radius 1 is 1.23 bits per heavy atom. The zero-order valence-corrected chi connectivity index (χ0v) is 12.4. The Hall–Kier alpha value is -3.00. The maximum atomic E-state index is 12.2. The molecule has 2 aromatic rings. The summed E-state index contributed by atoms with van der Waals surface area (Å²) in [6, 6.07) is 15.8. The van der Waals surface area contributed by atoms with Crippen molar-refractivity contribution < 1.29 is 14.3 Å². The van der Waals surface area contributed by atoms with Crippen molar-refractivity contribution in [1.82, 2.24) is 0 Å². The normalized spacial score (nSPS) is 11.1. The number of hydrogen-bond acceptors (Lipinski definition) is 4. The van der Waals surface area contributed by atoms with E-state index in [0.29, 0.717) is 22.7 Å². The number of nitrogens with one attached hydrogen (secondary N) is 1. The van der Waals surface area contributed by atoms with Crippen LogP contribution in [0.15, 0.2) is 48.5 Å². The van der Waals surface area contributed by atoms with Crippen molar-refractivity contribution in [2.75, 3.05) is 12.4 Å². The molecule has 0 spiro atoms. The highest BCUT2D eigenvalue weighted by atomic mass is 16.5. The van der Waals surface area contributed by atoms with E-state index >= 15 is 0 Å². The molecule has 0 aromatic heterocycles. The summed E-state index contributed by atoms with van der Waals surface area (Å²) in [7, 11) is 1.54. The molecule has 1 N–H and O–H groups in total. The molecule has 0 heterocycles. The Morgan fingerprint density at radius 2 is 2.00 bits per heavy atom. The lowest BCUT2D eigenvalue weighted by Gasteiger charge is -2.16. The second-order valence-electron chi connectivity index (χ2n) is 4.59. The molecule has 5 heteroatoms. The van der Waals surface area contributed by atoms with Gasteiger partial charge in [0.1, 0.15) is 11.5 Å². The van der Waals surface area contributed by atoms with E-state index in [9.17, 15) is 4.79 Å². The number of ether oxygens (including phenoxy) is 2. The summed E-state index contributed by atoms with van der Waals surface area (Å²) in [6.45, 7) is 1.64. The number of carbonyl (C=O) groups excluding carboxylic acids is 1. The van der Waals surface area contributed by atoms with Crippen molar-refractivity contribution in [2.45, 2.75) is 13.0 Å². The third kappa shape index (κ3) is 3.76. The molecule has 0 aliphatic carbocycles. The summed E-state index contributed by atoms with van der Waals surface area (Å²) in [5.41, 5.74) is 1.06. The van der Waals surface area contributed by atoms with E-state index in [2.05, 4.69) is 5.32 Å². The molecule has 112 valence electrons. The molecule has 1 amide bonds. The maximum Gasteiger partial charge on any atom is 0.265 e. The molecule has 0 fully saturated rings. The van der Waals surface area contributed by atoms with E-state index < -0.39 is 6.10 Å². The first kappa shape index (κ1) is 15.4. The van der Waals surface area contributed by atoms with Gasteiger partial charge < -0.3 is 14.8 Å². The molecular formula is C17H16N2O3. The van der Waals surface area contributed by atoms with Gasteiger partial charge in [-0.15, -0.1) is 0 Å². The molecule has 0 saturated heterocycles. The summed E-state index contributed by atoms with van der Waals surface area (Å²) < 4.78 is 10.7. The van der Waals surface area contributed by atoms with Crippen LogP contribution in [0.2, 0.25) is 0 Å². The smallest absolute Gasteiger partial charge is 0.265 e. The number of methoxy groups -OCH3 is 1. The van der Waals surface area contributed by atoms with Crippen molar-refractivity contribution in [3.8, 4) is 17.6 Å². The largest absolute Gasteiger partial charge is 0.495 e. The Bertz CT molecular complexity index is 707. The molecule has 0 radical (unpaired) electrons. The molecule has 1 atom stereocenters. The first-order chi connectivity index (χ1) is 10.6. The Kier molecular flexibility index (Phi) is 4.99. The summed E-state index contributed by atoms with van der Waals surface area (Å²) >= 11 is 0. The van der Waals surface area contributed by atoms with Crippen molar-refractivity contribution >= 4 is 11.6 Å². The fourth-order valence-electron chi connectivity index (χ4n) is 1.88. The van der Waals surface area contributed by atoms with Gasteiger partial charge in [-0.25, -0.2) is 0 Å². The summed E-state index contributed by atoms with van der Waals surface area (Å²) in [4.78, 5) is 12.2. The van der Waals surface area contributed by atoms with E-state index in [1.807, 2.05) is 12.1 Å². The highest BCUT2D eigenvalue weighted by Gasteiger charge is 2.16. The number of benzene rings is 2. The summed E-state index contributed by atoms with van der Waals surface area (Å²) in [6.07, 6.45) is -0.709. The number of nitrogens with zero attached hydrogens (tertiary/aromatic N) is 1. The highest BCUT2D eigenvalue weighted by Crippen LogP contribution is 2.23. The minimum atomic E-state index is -0.709. The molecule has 5 nitrogen and oxygen atoms in total. The Morgan fingerprint density at radius 3 is 2.73 bits per heavy atom. The number of para-hydroxylation sites is 2. The molecule has 2 rings (SSSR count). The molecule has 22 heavy (non-hydrogen) atoms. The molecule has 0 unspecified atom stereocenters. The molecule has 0 bridgehead atoms. The fraction of sp³-hybridized carbons (Fsp3) is 0.176. The van der Waals surface area contributed by atoms with Crippen LogP contribution in [0.25, 0.3) is 0 Å². The minimum absolute atomic E-state index is 0.299. The van der Waals surface area contributed by atoms with Crippen LogP contribution in [-0.4, -0.2) is 19.1 Å². The third-order valence-corrected chi connectivity index (χ3v) is 3.01. The van der Waals surface area contributed by atoms with Crippen molar-refractivity contribution in [2.24, 2.45) is 0 Å². The Labute approximate surface area is 129 Å². The van der Waals surface area contributed by atoms with Crippen molar-refractivity contribution in [1.29, 1.82) is 5.26 Å². The number of carbonyl (C=O) groups is 1. The number of rotatable bonds is 5. The van der Waals surface area contributed by atoms with Gasteiger partial charge in [0.25, 0.3) is 5.91 Å². The quantitative estimate of drug-likeness (QED) is 0.920. The summed E-state index contributed by atoms with van der Waals surface area (Å²) in [5.74, 6) is 0.753. The Balaban J connectivity index is 2.04. The van der Waals surface area contributed by atoms with Crippen LogP contribution in [0.4, 0.5) is 5.69 Å². The van der Waals surface area contributed by atoms with Crippen LogP contribution in [0.3, 0.4) is 0 Å². The fourth-order valence-corrected chi connectivity index (χ4v) is 1.88. The van der Waals surface area contributed by atoms with E-state index in [-0.39, 0.29) is 5.91 Å². The van der Waals surface area contributed by atoms with Crippen LogP contribution in [0.5, 0.6) is 11.5 Å². The number of amides is 1. The average molecular weight is 296 g/mol. The van der Waals surface area contributed by atoms with Gasteiger partial charge >= 0.3 is 0 Å². The first-order valence-electron chi connectivity index (χ1n) is 6.74. The van der Waals surface area contributed by atoms with Crippen LogP contribution >= 0.6 is 0 Å². The van der Waals surface area contributed by atoms with Crippen molar-refractivity contribution in [3.05, 3.63) is 54.1 Å². The molecule has 0 aliphatic rings. The lowest BCUT2D eigenvalue weighted by atomic mass is 10.2. The van der Waals surface area contributed by atoms with Crippen LogP contribution < -0.4 is 14.8 Å². The summed E-state index contributed by atoms with van der Waals surface area (Å²) in [5, 5.41) is 11.6. The average Bonchev–Trinajstić information content (AvgIpc) is 2.55. The maximum absolute atomic E-state index is 12.2.